The zero-order valence-electron chi connectivity index (χ0n) is 52.5. The van der Waals surface area contributed by atoms with Crippen LogP contribution in [0.3, 0.4) is 0 Å². The standard InChI is InChI=1S/C32H28ClF2N3O3.C27H23BrClF2NO3.C11H17BN2O2.H2S/c1-19-36-16-23(17-37-19)22-10-20(11-25(13-22)41-2)12-31(40)38-18-24(34)15-29(38)30(39)14-21-6-5-8-27(32(21)35)26-7-3-4-9-28(26)33;1-35-20-10-16(9-18(28)13-20)11-26(34)32-15-19(30)14-24(32)25(33)12-17-5-4-7-22(27(17)31)21-6-2-3-8-23(21)29;1-8-13-6-9(7-14-8)12-15-10(2,3)11(4,5)16-12;/h3-11,13,16-17,24,29H,12,14-15,18H2,1-2H3;2-10,13,19,24H,11-12,14-15H2,1H3;6-7H,1-5H3;1H2/t24-,29+;19-,24+;;/m11../s1. The predicted molar refractivity (Wildman–Crippen MR) is 361 cm³/mol. The van der Waals surface area contributed by atoms with E-state index in [9.17, 15) is 28.0 Å². The first-order valence-electron chi connectivity index (χ1n) is 29.7. The fourth-order valence-corrected chi connectivity index (χ4v) is 12.0. The molecule has 93 heavy (non-hydrogen) atoms. The van der Waals surface area contributed by atoms with Crippen LogP contribution in [0.2, 0.25) is 10.0 Å². The molecule has 8 aromatic rings. The van der Waals surface area contributed by atoms with Gasteiger partial charge in [0.2, 0.25) is 11.8 Å². The number of Topliss-reactive ketones (excluding diaryl/α,β-unsaturated/α-hetero) is 2. The number of amides is 2. The van der Waals surface area contributed by atoms with Gasteiger partial charge in [0.25, 0.3) is 0 Å². The maximum atomic E-state index is 15.5. The van der Waals surface area contributed by atoms with Gasteiger partial charge in [-0.2, -0.15) is 13.5 Å². The Balaban J connectivity index is 0.000000193. The highest BCUT2D eigenvalue weighted by Crippen LogP contribution is 2.38. The highest BCUT2D eigenvalue weighted by molar-refractivity contribution is 9.10. The molecule has 0 aliphatic carbocycles. The van der Waals surface area contributed by atoms with E-state index in [4.69, 9.17) is 42.0 Å². The number of carbonyl (C=O) groups excluding carboxylic acids is 4. The Morgan fingerprint density at radius 2 is 0.978 bits per heavy atom. The number of halogens is 7. The molecule has 0 N–H and O–H groups in total. The van der Waals surface area contributed by atoms with Crippen molar-refractivity contribution in [2.24, 2.45) is 0 Å². The van der Waals surface area contributed by atoms with E-state index in [0.717, 1.165) is 26.9 Å². The molecule has 6 aromatic carbocycles. The van der Waals surface area contributed by atoms with Crippen molar-refractivity contribution < 1.29 is 55.5 Å². The highest BCUT2D eigenvalue weighted by atomic mass is 79.9. The Hall–Kier alpha value is -7.53. The van der Waals surface area contributed by atoms with Crippen molar-refractivity contribution in [2.75, 3.05) is 27.3 Å². The Morgan fingerprint density at radius 3 is 1.42 bits per heavy atom. The first-order valence-corrected chi connectivity index (χ1v) is 31.3. The van der Waals surface area contributed by atoms with Crippen molar-refractivity contribution in [1.29, 1.82) is 0 Å². The minimum atomic E-state index is -1.35. The maximum Gasteiger partial charge on any atom is 0.498 e. The molecule has 5 heterocycles. The van der Waals surface area contributed by atoms with Crippen LogP contribution < -0.4 is 14.9 Å². The quantitative estimate of drug-likeness (QED) is 0.0665. The number of aromatic nitrogens is 4. The Labute approximate surface area is 564 Å². The van der Waals surface area contributed by atoms with E-state index in [1.54, 1.807) is 129 Å². The summed E-state index contributed by atoms with van der Waals surface area (Å²) in [5.74, 6) is -0.202. The molecule has 0 unspecified atom stereocenters. The lowest BCUT2D eigenvalue weighted by molar-refractivity contribution is -0.137. The number of rotatable bonds is 16. The minimum absolute atomic E-state index is 0. The van der Waals surface area contributed by atoms with E-state index in [-0.39, 0.29) is 112 Å². The first-order chi connectivity index (χ1) is 43.8. The molecule has 0 radical (unpaired) electrons. The monoisotopic (exact) mass is 1390 g/mol. The molecular formula is C70H70BBrCl2F4N6O8S. The van der Waals surface area contributed by atoms with Gasteiger partial charge in [-0.3, -0.25) is 19.2 Å². The van der Waals surface area contributed by atoms with Gasteiger partial charge in [0.1, 0.15) is 47.1 Å². The third kappa shape index (κ3) is 17.4. The highest BCUT2D eigenvalue weighted by Gasteiger charge is 2.52. The number of hydrogen-bond acceptors (Lipinski definition) is 12. The van der Waals surface area contributed by atoms with E-state index in [0.29, 0.717) is 49.6 Å². The minimum Gasteiger partial charge on any atom is -0.497 e. The van der Waals surface area contributed by atoms with E-state index in [1.807, 2.05) is 46.8 Å². The summed E-state index contributed by atoms with van der Waals surface area (Å²) in [5, 5.41) is 0.783. The second-order valence-corrected chi connectivity index (χ2v) is 25.4. The van der Waals surface area contributed by atoms with E-state index >= 15 is 8.78 Å². The fourth-order valence-electron chi connectivity index (χ4n) is 11.0. The number of alkyl halides is 2. The van der Waals surface area contributed by atoms with Crippen molar-refractivity contribution in [1.82, 2.24) is 29.7 Å². The van der Waals surface area contributed by atoms with Crippen LogP contribution >= 0.6 is 52.6 Å². The van der Waals surface area contributed by atoms with Gasteiger partial charge in [-0.05, 0) is 112 Å². The first kappa shape index (κ1) is 71.3. The molecule has 11 rings (SSSR count). The zero-order valence-corrected chi connectivity index (χ0v) is 56.6. The van der Waals surface area contributed by atoms with Crippen LogP contribution in [0.25, 0.3) is 33.4 Å². The number of ether oxygens (including phenoxy) is 2. The Morgan fingerprint density at radius 1 is 0.570 bits per heavy atom. The average molecular weight is 1390 g/mol. The summed E-state index contributed by atoms with van der Waals surface area (Å²) in [7, 11) is 2.68. The summed E-state index contributed by atoms with van der Waals surface area (Å²) in [5.41, 5.74) is 4.99. The number of benzene rings is 6. The SMILES string of the molecule is COc1cc(Br)cc(CC(=O)N2C[C@H](F)C[C@H]2C(=O)Cc2cccc(-c3ccccc3Cl)c2F)c1.COc1cc(CC(=O)N2C[C@H](F)C[C@H]2C(=O)Cc2cccc(-c3ccccc3Cl)c2F)cc(-c2cnc(C)nc2)c1.Cc1ncc(B2OC(C)(C)C(C)(C)O2)cn1.S. The van der Waals surface area contributed by atoms with Crippen LogP contribution in [0.4, 0.5) is 17.6 Å². The number of aryl methyl sites for hydroxylation is 2. The van der Waals surface area contributed by atoms with Crippen LogP contribution in [0.5, 0.6) is 11.5 Å². The molecule has 3 saturated heterocycles. The molecule has 3 fully saturated rings. The Kier molecular flexibility index (Phi) is 23.9. The zero-order chi connectivity index (χ0) is 66.2. The van der Waals surface area contributed by atoms with Crippen LogP contribution in [0, 0.1) is 25.5 Å². The number of hydrogen-bond donors (Lipinski definition) is 0. The van der Waals surface area contributed by atoms with Crippen LogP contribution in [-0.4, -0.2) is 123 Å². The average Bonchev–Trinajstić information content (AvgIpc) is 1.74. The molecule has 3 aliphatic heterocycles. The third-order valence-electron chi connectivity index (χ3n) is 16.6. The molecule has 4 atom stereocenters. The summed E-state index contributed by atoms with van der Waals surface area (Å²) >= 11 is 15.9. The van der Waals surface area contributed by atoms with Gasteiger partial charge in [-0.15, -0.1) is 0 Å². The fraction of sp³-hybridized carbons (Fsp3) is 0.314. The van der Waals surface area contributed by atoms with Gasteiger partial charge in [0, 0.05) is 98.3 Å². The number of ketones is 2. The van der Waals surface area contributed by atoms with Crippen molar-refractivity contribution in [3.05, 3.63) is 206 Å². The molecule has 486 valence electrons. The van der Waals surface area contributed by atoms with Gasteiger partial charge < -0.3 is 28.6 Å². The summed E-state index contributed by atoms with van der Waals surface area (Å²) in [6.45, 7) is 11.4. The molecule has 2 aromatic heterocycles. The summed E-state index contributed by atoms with van der Waals surface area (Å²) in [4.78, 5) is 72.3. The number of methoxy groups -OCH3 is 2. The van der Waals surface area contributed by atoms with Crippen molar-refractivity contribution >= 4 is 88.6 Å². The van der Waals surface area contributed by atoms with Gasteiger partial charge in [-0.1, -0.05) is 118 Å². The lowest BCUT2D eigenvalue weighted by atomic mass is 9.81. The molecule has 0 spiro atoms. The molecule has 14 nitrogen and oxygen atoms in total. The molecular weight excluding hydrogens is 1320 g/mol. The topological polar surface area (TPSA) is 163 Å². The molecule has 3 aliphatic rings. The normalized spacial score (nSPS) is 17.7. The predicted octanol–water partition coefficient (Wildman–Crippen LogP) is 13.6. The van der Waals surface area contributed by atoms with Crippen molar-refractivity contribution in [2.45, 2.75) is 116 Å². The lowest BCUT2D eigenvalue weighted by Gasteiger charge is -2.32. The summed E-state index contributed by atoms with van der Waals surface area (Å²) < 4.78 is 83.0. The largest absolute Gasteiger partial charge is 0.498 e. The molecule has 0 saturated carbocycles. The summed E-state index contributed by atoms with van der Waals surface area (Å²) in [6, 6.07) is 32.0. The smallest absolute Gasteiger partial charge is 0.497 e. The molecule has 2 amide bonds. The third-order valence-corrected chi connectivity index (χ3v) is 17.7. The second-order valence-electron chi connectivity index (χ2n) is 23.7. The van der Waals surface area contributed by atoms with Crippen LogP contribution in [0.15, 0.2) is 151 Å². The van der Waals surface area contributed by atoms with E-state index in [2.05, 4.69) is 35.9 Å². The number of nitrogens with zero attached hydrogens (tertiary/aromatic N) is 6. The van der Waals surface area contributed by atoms with Gasteiger partial charge >= 0.3 is 7.12 Å². The number of carbonyl (C=O) groups is 4. The van der Waals surface area contributed by atoms with Crippen molar-refractivity contribution in [3.8, 4) is 44.9 Å². The Bertz CT molecular complexity index is 4000. The van der Waals surface area contributed by atoms with Gasteiger partial charge in [-0.25, -0.2) is 37.5 Å². The van der Waals surface area contributed by atoms with E-state index < -0.39 is 53.5 Å². The van der Waals surface area contributed by atoms with Crippen molar-refractivity contribution in [3.63, 3.8) is 0 Å². The van der Waals surface area contributed by atoms with Crippen LogP contribution in [-0.2, 0) is 54.2 Å². The van der Waals surface area contributed by atoms with Crippen LogP contribution in [0.1, 0.15) is 74.4 Å². The van der Waals surface area contributed by atoms with Gasteiger partial charge in [0.15, 0.2) is 11.6 Å². The second kappa shape index (κ2) is 31.1. The molecule has 23 heteroatoms. The summed E-state index contributed by atoms with van der Waals surface area (Å²) in [6.07, 6.45) is 3.39. The van der Waals surface area contributed by atoms with Gasteiger partial charge in [0.05, 0.1) is 63.4 Å². The lowest BCUT2D eigenvalue weighted by Crippen LogP contribution is -2.42. The maximum absolute atomic E-state index is 15.5. The number of likely N-dealkylation sites (tertiary alicyclic amines) is 2. The van der Waals surface area contributed by atoms with E-state index in [1.165, 1.54) is 36.2 Å². The molecule has 0 bridgehead atoms.